The predicted molar refractivity (Wildman–Crippen MR) is 117 cm³/mol. The number of hydrogen-bond acceptors (Lipinski definition) is 2. The number of benzene rings is 3. The molecule has 29 heavy (non-hydrogen) atoms. The second-order valence-electron chi connectivity index (χ2n) is 7.53. The van der Waals surface area contributed by atoms with E-state index in [-0.39, 0.29) is 0 Å². The number of para-hydroxylation sites is 3. The molecule has 0 spiro atoms. The van der Waals surface area contributed by atoms with Crippen LogP contribution < -0.4 is 0 Å². The fraction of sp³-hybridized carbons (Fsp3) is 0.0800. The molecule has 0 radical (unpaired) electrons. The maximum atomic E-state index is 6.29. The number of imidazole rings is 1. The van der Waals surface area contributed by atoms with Crippen molar-refractivity contribution in [3.63, 3.8) is 0 Å². The summed E-state index contributed by atoms with van der Waals surface area (Å²) in [5, 5.41) is 2.23. The van der Waals surface area contributed by atoms with Gasteiger partial charge < -0.3 is 4.42 Å². The topological polar surface area (TPSA) is 35.9 Å². The summed E-state index contributed by atoms with van der Waals surface area (Å²) in [7, 11) is 0. The van der Waals surface area contributed by atoms with Crippen LogP contribution in [0, 0.1) is 13.8 Å². The highest BCUT2D eigenvalue weighted by molar-refractivity contribution is 6.05. The van der Waals surface area contributed by atoms with Crippen LogP contribution in [0.5, 0.6) is 0 Å². The lowest BCUT2D eigenvalue weighted by Crippen LogP contribution is -1.97. The van der Waals surface area contributed by atoms with Gasteiger partial charge in [-0.1, -0.05) is 30.3 Å². The molecule has 0 N–H and O–H groups in total. The van der Waals surface area contributed by atoms with Crippen molar-refractivity contribution in [2.24, 2.45) is 0 Å². The zero-order chi connectivity index (χ0) is 19.5. The minimum atomic E-state index is 0.880. The van der Waals surface area contributed by atoms with Gasteiger partial charge in [-0.05, 0) is 61.4 Å². The maximum absolute atomic E-state index is 6.29. The SMILES string of the molecule is Cc1cccc(C)c1-n1ccc2c3cc(-n4cnc5ccccc54)ccc3oc21. The lowest BCUT2D eigenvalue weighted by molar-refractivity contribution is 0.642. The second-order valence-corrected chi connectivity index (χ2v) is 7.53. The van der Waals surface area contributed by atoms with Crippen molar-refractivity contribution in [3.05, 3.63) is 90.4 Å². The highest BCUT2D eigenvalue weighted by Crippen LogP contribution is 2.34. The Morgan fingerprint density at radius 2 is 1.62 bits per heavy atom. The Bertz CT molecular complexity index is 1510. The van der Waals surface area contributed by atoms with Gasteiger partial charge in [-0.15, -0.1) is 0 Å². The van der Waals surface area contributed by atoms with E-state index in [4.69, 9.17) is 4.42 Å². The molecule has 0 unspecified atom stereocenters. The van der Waals surface area contributed by atoms with Gasteiger partial charge in [0.1, 0.15) is 11.9 Å². The molecule has 6 aromatic rings. The van der Waals surface area contributed by atoms with E-state index in [1.54, 1.807) is 0 Å². The van der Waals surface area contributed by atoms with E-state index in [9.17, 15) is 0 Å². The summed E-state index contributed by atoms with van der Waals surface area (Å²) in [6.07, 6.45) is 3.98. The van der Waals surface area contributed by atoms with Gasteiger partial charge in [0.25, 0.3) is 0 Å². The summed E-state index contributed by atoms with van der Waals surface area (Å²) in [5.74, 6) is 0. The summed E-state index contributed by atoms with van der Waals surface area (Å²) < 4.78 is 10.6. The Morgan fingerprint density at radius 1 is 0.793 bits per heavy atom. The van der Waals surface area contributed by atoms with Crippen molar-refractivity contribution >= 4 is 33.1 Å². The number of rotatable bonds is 2. The molecule has 0 saturated carbocycles. The standard InChI is InChI=1S/C25H19N3O/c1-16-6-5-7-17(2)24(16)27-13-12-19-20-14-18(10-11-23(20)29-25(19)27)28-15-26-21-8-3-4-9-22(21)28/h3-15H,1-2H3. The molecule has 140 valence electrons. The molecule has 0 aliphatic heterocycles. The van der Waals surface area contributed by atoms with Crippen LogP contribution in [0.1, 0.15) is 11.1 Å². The lowest BCUT2D eigenvalue weighted by Gasteiger charge is -2.10. The third-order valence-electron chi connectivity index (χ3n) is 5.71. The van der Waals surface area contributed by atoms with E-state index >= 15 is 0 Å². The first-order valence-electron chi connectivity index (χ1n) is 9.73. The Balaban J connectivity index is 1.59. The van der Waals surface area contributed by atoms with Crippen LogP contribution in [0.25, 0.3) is 44.5 Å². The maximum Gasteiger partial charge on any atom is 0.212 e. The number of aromatic nitrogens is 3. The minimum absolute atomic E-state index is 0.880. The molecule has 0 amide bonds. The van der Waals surface area contributed by atoms with Gasteiger partial charge in [0.15, 0.2) is 0 Å². The van der Waals surface area contributed by atoms with Gasteiger partial charge in [-0.3, -0.25) is 9.13 Å². The van der Waals surface area contributed by atoms with Gasteiger partial charge in [-0.25, -0.2) is 4.98 Å². The van der Waals surface area contributed by atoms with Crippen LogP contribution in [0.4, 0.5) is 0 Å². The molecule has 4 heteroatoms. The quantitative estimate of drug-likeness (QED) is 0.353. The molecular formula is C25H19N3O. The second kappa shape index (κ2) is 5.85. The van der Waals surface area contributed by atoms with Gasteiger partial charge in [0.05, 0.1) is 16.7 Å². The van der Waals surface area contributed by atoms with Crippen molar-refractivity contribution in [3.8, 4) is 11.4 Å². The first kappa shape index (κ1) is 16.2. The Morgan fingerprint density at radius 3 is 2.48 bits per heavy atom. The predicted octanol–water partition coefficient (Wildman–Crippen LogP) is 6.33. The van der Waals surface area contributed by atoms with Crippen LogP contribution in [0.2, 0.25) is 0 Å². The summed E-state index contributed by atoms with van der Waals surface area (Å²) in [4.78, 5) is 4.52. The molecule has 0 aliphatic carbocycles. The van der Waals surface area contributed by atoms with E-state index in [1.807, 2.05) is 24.5 Å². The zero-order valence-corrected chi connectivity index (χ0v) is 16.3. The summed E-state index contributed by atoms with van der Waals surface area (Å²) >= 11 is 0. The molecule has 3 aromatic carbocycles. The normalized spacial score (nSPS) is 11.8. The number of aryl methyl sites for hydroxylation is 2. The molecule has 0 fully saturated rings. The van der Waals surface area contributed by atoms with Gasteiger partial charge in [0, 0.05) is 22.7 Å². The van der Waals surface area contributed by atoms with Crippen LogP contribution in [-0.2, 0) is 0 Å². The highest BCUT2D eigenvalue weighted by atomic mass is 16.3. The molecule has 0 bridgehead atoms. The number of furan rings is 1. The monoisotopic (exact) mass is 377 g/mol. The van der Waals surface area contributed by atoms with E-state index < -0.39 is 0 Å². The minimum Gasteiger partial charge on any atom is -0.439 e. The van der Waals surface area contributed by atoms with E-state index in [0.29, 0.717) is 0 Å². The van der Waals surface area contributed by atoms with Gasteiger partial charge in [0.2, 0.25) is 5.71 Å². The summed E-state index contributed by atoms with van der Waals surface area (Å²) in [5.41, 5.74) is 8.58. The van der Waals surface area contributed by atoms with Gasteiger partial charge in [-0.2, -0.15) is 0 Å². The van der Waals surface area contributed by atoms with Crippen molar-refractivity contribution in [2.75, 3.05) is 0 Å². The largest absolute Gasteiger partial charge is 0.439 e. The Kier molecular flexibility index (Phi) is 3.27. The summed E-state index contributed by atoms with van der Waals surface area (Å²) in [6, 6.07) is 23.0. The Labute approximate surface area is 167 Å². The van der Waals surface area contributed by atoms with Crippen molar-refractivity contribution < 1.29 is 4.42 Å². The van der Waals surface area contributed by atoms with E-state index in [1.165, 1.54) is 16.8 Å². The van der Waals surface area contributed by atoms with Crippen molar-refractivity contribution in [1.29, 1.82) is 0 Å². The molecule has 0 aliphatic rings. The molecule has 0 atom stereocenters. The number of nitrogens with zero attached hydrogens (tertiary/aromatic N) is 3. The van der Waals surface area contributed by atoms with Crippen LogP contribution >= 0.6 is 0 Å². The average molecular weight is 377 g/mol. The molecule has 6 rings (SSSR count). The van der Waals surface area contributed by atoms with E-state index in [2.05, 4.69) is 82.7 Å². The van der Waals surface area contributed by atoms with E-state index in [0.717, 1.165) is 38.8 Å². The molecule has 4 nitrogen and oxygen atoms in total. The number of fused-ring (bicyclic) bond motifs is 4. The molecule has 0 saturated heterocycles. The van der Waals surface area contributed by atoms with Crippen LogP contribution in [-0.4, -0.2) is 14.1 Å². The van der Waals surface area contributed by atoms with Crippen molar-refractivity contribution in [2.45, 2.75) is 13.8 Å². The molecule has 3 heterocycles. The van der Waals surface area contributed by atoms with Crippen LogP contribution in [0.15, 0.2) is 83.7 Å². The zero-order valence-electron chi connectivity index (χ0n) is 16.3. The third kappa shape index (κ3) is 2.29. The smallest absolute Gasteiger partial charge is 0.212 e. The van der Waals surface area contributed by atoms with Crippen LogP contribution in [0.3, 0.4) is 0 Å². The lowest BCUT2D eigenvalue weighted by atomic mass is 10.1. The fourth-order valence-corrected chi connectivity index (χ4v) is 4.33. The first-order chi connectivity index (χ1) is 14.2. The molecular weight excluding hydrogens is 358 g/mol. The Hall–Kier alpha value is -3.79. The van der Waals surface area contributed by atoms with Gasteiger partial charge >= 0.3 is 0 Å². The highest BCUT2D eigenvalue weighted by Gasteiger charge is 2.16. The fourth-order valence-electron chi connectivity index (χ4n) is 4.33. The number of hydrogen-bond donors (Lipinski definition) is 0. The van der Waals surface area contributed by atoms with Crippen molar-refractivity contribution in [1.82, 2.24) is 14.1 Å². The molecule has 3 aromatic heterocycles. The average Bonchev–Trinajstić information content (AvgIpc) is 3.41. The first-order valence-corrected chi connectivity index (χ1v) is 9.73. The summed E-state index contributed by atoms with van der Waals surface area (Å²) in [6.45, 7) is 4.28. The third-order valence-corrected chi connectivity index (χ3v) is 5.71.